The second-order valence-corrected chi connectivity index (χ2v) is 11.0. The van der Waals surface area contributed by atoms with E-state index in [1.165, 1.54) is 30.4 Å². The second-order valence-electron chi connectivity index (χ2n) is 11.0. The molecule has 4 aliphatic rings. The van der Waals surface area contributed by atoms with Gasteiger partial charge in [0, 0.05) is 48.4 Å². The standard InChI is InChI=1S/C30H34N4O2/c31-17-20-5-4-8-23(15-20)29(35)32-24-11-9-21-10-14-28(27(21)16-24)33-18-25-12-13-26(19-33)34(25)30(36)22-6-2-1-3-7-22/h4-5,8-9,11,15-16,22,25-26,28H,1-3,6-7,10,12-14,18-19H2,(H,32,35)/t25?,26?,28-/m0/s1. The summed E-state index contributed by atoms with van der Waals surface area (Å²) in [5, 5.41) is 12.2. The van der Waals surface area contributed by atoms with E-state index in [1.807, 2.05) is 6.07 Å². The summed E-state index contributed by atoms with van der Waals surface area (Å²) in [6.45, 7) is 1.91. The van der Waals surface area contributed by atoms with Gasteiger partial charge >= 0.3 is 0 Å². The number of rotatable bonds is 4. The molecule has 1 N–H and O–H groups in total. The maximum Gasteiger partial charge on any atom is 0.255 e. The maximum atomic E-state index is 13.4. The molecule has 186 valence electrons. The molecule has 2 bridgehead atoms. The molecule has 6 nitrogen and oxygen atoms in total. The van der Waals surface area contributed by atoms with Gasteiger partial charge in [-0.25, -0.2) is 0 Å². The van der Waals surface area contributed by atoms with Crippen molar-refractivity contribution in [1.82, 2.24) is 9.80 Å². The lowest BCUT2D eigenvalue weighted by Gasteiger charge is -2.45. The Morgan fingerprint density at radius 3 is 2.44 bits per heavy atom. The molecule has 2 unspecified atom stereocenters. The number of amides is 2. The predicted octanol–water partition coefficient (Wildman–Crippen LogP) is 5.05. The van der Waals surface area contributed by atoms with E-state index in [1.54, 1.807) is 24.3 Å². The third kappa shape index (κ3) is 4.30. The molecular weight excluding hydrogens is 448 g/mol. The maximum absolute atomic E-state index is 13.4. The third-order valence-electron chi connectivity index (χ3n) is 8.86. The number of anilines is 1. The highest BCUT2D eigenvalue weighted by Gasteiger charge is 2.46. The minimum absolute atomic E-state index is 0.200. The lowest BCUT2D eigenvalue weighted by atomic mass is 9.87. The molecule has 2 aromatic rings. The molecule has 0 spiro atoms. The Balaban J connectivity index is 1.16. The molecule has 2 heterocycles. The first-order valence-electron chi connectivity index (χ1n) is 13.6. The Labute approximate surface area is 213 Å². The molecule has 2 aliphatic heterocycles. The fourth-order valence-electron chi connectivity index (χ4n) is 7.08. The molecule has 6 rings (SSSR count). The molecular formula is C30H34N4O2. The summed E-state index contributed by atoms with van der Waals surface area (Å²) in [5.41, 5.74) is 4.43. The third-order valence-corrected chi connectivity index (χ3v) is 8.86. The van der Waals surface area contributed by atoms with E-state index in [2.05, 4.69) is 33.3 Å². The average molecular weight is 483 g/mol. The zero-order valence-electron chi connectivity index (χ0n) is 20.8. The lowest BCUT2D eigenvalue weighted by Crippen LogP contribution is -2.57. The zero-order valence-corrected chi connectivity index (χ0v) is 20.8. The monoisotopic (exact) mass is 482 g/mol. The minimum atomic E-state index is -0.200. The number of nitrogens with zero attached hydrogens (tertiary/aromatic N) is 3. The Morgan fingerprint density at radius 2 is 1.69 bits per heavy atom. The van der Waals surface area contributed by atoms with Crippen LogP contribution in [0.15, 0.2) is 42.5 Å². The predicted molar refractivity (Wildman–Crippen MR) is 138 cm³/mol. The van der Waals surface area contributed by atoms with Gasteiger partial charge in [0.15, 0.2) is 0 Å². The summed E-state index contributed by atoms with van der Waals surface area (Å²) in [6.07, 6.45) is 10.2. The van der Waals surface area contributed by atoms with Crippen LogP contribution in [-0.4, -0.2) is 46.8 Å². The van der Waals surface area contributed by atoms with Gasteiger partial charge in [0.2, 0.25) is 5.91 Å². The van der Waals surface area contributed by atoms with Crippen molar-refractivity contribution in [1.29, 1.82) is 5.26 Å². The van der Waals surface area contributed by atoms with Crippen LogP contribution in [0.5, 0.6) is 0 Å². The number of piperazine rings is 1. The topological polar surface area (TPSA) is 76.4 Å². The number of carbonyl (C=O) groups is 2. The van der Waals surface area contributed by atoms with Crippen LogP contribution in [0.3, 0.4) is 0 Å². The molecule has 1 saturated carbocycles. The minimum Gasteiger partial charge on any atom is -0.334 e. The zero-order chi connectivity index (χ0) is 24.6. The number of carbonyl (C=O) groups excluding carboxylic acids is 2. The van der Waals surface area contributed by atoms with Crippen molar-refractivity contribution in [2.75, 3.05) is 18.4 Å². The number of nitrogens with one attached hydrogen (secondary N) is 1. The summed E-state index contributed by atoms with van der Waals surface area (Å²) >= 11 is 0. The van der Waals surface area contributed by atoms with E-state index in [0.717, 1.165) is 57.3 Å². The molecule has 3 atom stereocenters. The summed E-state index contributed by atoms with van der Waals surface area (Å²) < 4.78 is 0. The number of aryl methyl sites for hydroxylation is 1. The van der Waals surface area contributed by atoms with Gasteiger partial charge in [-0.3, -0.25) is 14.5 Å². The van der Waals surface area contributed by atoms with Crippen molar-refractivity contribution < 1.29 is 9.59 Å². The van der Waals surface area contributed by atoms with E-state index >= 15 is 0 Å². The van der Waals surface area contributed by atoms with Gasteiger partial charge in [-0.2, -0.15) is 5.26 Å². The summed E-state index contributed by atoms with van der Waals surface area (Å²) in [5.74, 6) is 0.481. The van der Waals surface area contributed by atoms with Crippen LogP contribution >= 0.6 is 0 Å². The van der Waals surface area contributed by atoms with E-state index in [4.69, 9.17) is 5.26 Å². The van der Waals surface area contributed by atoms with Crippen molar-refractivity contribution in [2.24, 2.45) is 5.92 Å². The molecule has 2 saturated heterocycles. The quantitative estimate of drug-likeness (QED) is 0.661. The highest BCUT2D eigenvalue weighted by molar-refractivity contribution is 6.04. The normalized spacial score (nSPS) is 25.9. The van der Waals surface area contributed by atoms with Crippen molar-refractivity contribution >= 4 is 17.5 Å². The number of hydrogen-bond donors (Lipinski definition) is 1. The molecule has 36 heavy (non-hydrogen) atoms. The average Bonchev–Trinajstić information content (AvgIpc) is 3.46. The Hall–Kier alpha value is -3.17. The van der Waals surface area contributed by atoms with Crippen LogP contribution in [0.1, 0.15) is 84.5 Å². The number of hydrogen-bond acceptors (Lipinski definition) is 4. The van der Waals surface area contributed by atoms with E-state index in [-0.39, 0.29) is 11.8 Å². The van der Waals surface area contributed by atoms with Gasteiger partial charge in [0.25, 0.3) is 5.91 Å². The first-order chi connectivity index (χ1) is 17.6. The molecule has 2 aromatic carbocycles. The smallest absolute Gasteiger partial charge is 0.255 e. The number of nitriles is 1. The Kier molecular flexibility index (Phi) is 6.27. The molecule has 2 amide bonds. The van der Waals surface area contributed by atoms with Crippen molar-refractivity contribution in [3.05, 3.63) is 64.7 Å². The van der Waals surface area contributed by atoms with Crippen LogP contribution in [0.4, 0.5) is 5.69 Å². The van der Waals surface area contributed by atoms with Crippen molar-refractivity contribution in [2.45, 2.75) is 75.9 Å². The first kappa shape index (κ1) is 23.2. The number of likely N-dealkylation sites (tertiary alicyclic amines) is 1. The summed E-state index contributed by atoms with van der Waals surface area (Å²) in [6, 6.07) is 16.2. The number of fused-ring (bicyclic) bond motifs is 3. The fourth-order valence-corrected chi connectivity index (χ4v) is 7.08. The highest BCUT2D eigenvalue weighted by atomic mass is 16.2. The molecule has 2 aliphatic carbocycles. The van der Waals surface area contributed by atoms with Gasteiger partial charge in [-0.15, -0.1) is 0 Å². The summed E-state index contributed by atoms with van der Waals surface area (Å²) in [4.78, 5) is 31.1. The number of benzene rings is 2. The molecule has 0 radical (unpaired) electrons. The highest BCUT2D eigenvalue weighted by Crippen LogP contribution is 2.42. The van der Waals surface area contributed by atoms with Crippen LogP contribution in [0, 0.1) is 17.2 Å². The van der Waals surface area contributed by atoms with E-state index < -0.39 is 0 Å². The van der Waals surface area contributed by atoms with E-state index in [9.17, 15) is 9.59 Å². The van der Waals surface area contributed by atoms with Crippen molar-refractivity contribution in [3.8, 4) is 6.07 Å². The SMILES string of the molecule is N#Cc1cccc(C(=O)Nc2ccc3c(c2)[C@@H](N2CC4CCC(C2)N4C(=O)C2CCCCC2)CC3)c1. The van der Waals surface area contributed by atoms with Gasteiger partial charge in [-0.1, -0.05) is 31.4 Å². The van der Waals surface area contributed by atoms with Crippen LogP contribution in [-0.2, 0) is 11.2 Å². The molecule has 0 aromatic heterocycles. The largest absolute Gasteiger partial charge is 0.334 e. The first-order valence-corrected chi connectivity index (χ1v) is 13.6. The Bertz CT molecular complexity index is 1200. The van der Waals surface area contributed by atoms with Gasteiger partial charge in [0.1, 0.15) is 0 Å². The van der Waals surface area contributed by atoms with Gasteiger partial charge < -0.3 is 10.2 Å². The lowest BCUT2D eigenvalue weighted by molar-refractivity contribution is -0.143. The van der Waals surface area contributed by atoms with Gasteiger partial charge in [0.05, 0.1) is 11.6 Å². The fraction of sp³-hybridized carbons (Fsp3) is 0.500. The van der Waals surface area contributed by atoms with Crippen molar-refractivity contribution in [3.63, 3.8) is 0 Å². The molecule has 6 heteroatoms. The molecule has 3 fully saturated rings. The van der Waals surface area contributed by atoms with Gasteiger partial charge in [-0.05, 0) is 80.0 Å². The second kappa shape index (κ2) is 9.71. The van der Waals surface area contributed by atoms with Crippen LogP contribution in [0.25, 0.3) is 0 Å². The Morgan fingerprint density at radius 1 is 0.917 bits per heavy atom. The summed E-state index contributed by atoms with van der Waals surface area (Å²) in [7, 11) is 0. The van der Waals surface area contributed by atoms with Crippen LogP contribution < -0.4 is 5.32 Å². The van der Waals surface area contributed by atoms with Crippen LogP contribution in [0.2, 0.25) is 0 Å². The van der Waals surface area contributed by atoms with E-state index in [0.29, 0.717) is 35.2 Å².